The number of aromatic nitrogens is 1. The molecule has 2 heterocycles. The molecule has 63 heavy (non-hydrogen) atoms. The smallest absolute Gasteiger partial charge is 0.0807 e. The molecule has 0 saturated carbocycles. The van der Waals surface area contributed by atoms with E-state index < -0.39 is 0 Å². The molecule has 0 bridgehead atoms. The Balaban J connectivity index is 0.000000256. The summed E-state index contributed by atoms with van der Waals surface area (Å²) in [4.78, 5) is 3.66. The summed E-state index contributed by atoms with van der Waals surface area (Å²) in [7, 11) is 3.81. The fourth-order valence-corrected chi connectivity index (χ4v) is 9.57. The van der Waals surface area contributed by atoms with E-state index in [1.807, 2.05) is 103 Å². The van der Waals surface area contributed by atoms with Gasteiger partial charge in [-0.2, -0.15) is 0 Å². The van der Waals surface area contributed by atoms with Gasteiger partial charge in [0.15, 0.2) is 0 Å². The van der Waals surface area contributed by atoms with Crippen LogP contribution in [0.4, 0.5) is 0 Å². The second-order valence-corrected chi connectivity index (χ2v) is 16.2. The first-order valence-electron chi connectivity index (χ1n) is 22.9. The Morgan fingerprint density at radius 2 is 1.17 bits per heavy atom. The molecule has 2 aliphatic rings. The molecule has 8 aromatic rings. The van der Waals surface area contributed by atoms with Crippen LogP contribution in [-0.2, 0) is 5.41 Å². The highest BCUT2D eigenvalue weighted by Gasteiger charge is 2.39. The van der Waals surface area contributed by atoms with Crippen LogP contribution in [0.15, 0.2) is 164 Å². The zero-order chi connectivity index (χ0) is 46.1. The first-order chi connectivity index (χ1) is 30.8. The minimum absolute atomic E-state index is 0.00302. The fraction of sp³-hybridized carbons (Fsp3) is 0.276. The number of allylic oxidation sites excluding steroid dienone is 4. The molecule has 2 atom stereocenters. The van der Waals surface area contributed by atoms with Crippen LogP contribution >= 0.6 is 11.3 Å². The molecular weight excluding hydrogens is 785 g/mol. The van der Waals surface area contributed by atoms with E-state index in [1.165, 1.54) is 81.0 Å². The predicted molar refractivity (Wildman–Crippen MR) is 284 cm³/mol. The molecule has 10 rings (SSSR count). The number of rotatable bonds is 5. The monoisotopic (exact) mass is 857 g/mol. The number of thiophene rings is 1. The van der Waals surface area contributed by atoms with Crippen LogP contribution in [0.3, 0.4) is 0 Å². The Hall–Kier alpha value is -5.56. The van der Waals surface area contributed by atoms with Gasteiger partial charge in [-0.05, 0) is 103 Å². The van der Waals surface area contributed by atoms with Gasteiger partial charge < -0.3 is 21.4 Å². The SMILES string of the molecule is C=C.CC.CC.CC.CC1(C)C2=C(CCC(c3cccc4c3sc3ccccc34)=C2)c2cc3[nH]c4ccccc4c3cc21.CNC(C)c1ccccc1.CNC(N)c1ccccc1. The first kappa shape index (κ1) is 50.1. The van der Waals surface area contributed by atoms with Crippen molar-refractivity contribution in [1.29, 1.82) is 0 Å². The average molecular weight is 857 g/mol. The maximum Gasteiger partial charge on any atom is 0.0807 e. The number of para-hydroxylation sites is 1. The van der Waals surface area contributed by atoms with Gasteiger partial charge in [0, 0.05) is 53.4 Å². The molecule has 5 heteroatoms. The third-order valence-electron chi connectivity index (χ3n) is 11.6. The van der Waals surface area contributed by atoms with Gasteiger partial charge in [0.1, 0.15) is 0 Å². The van der Waals surface area contributed by atoms with Crippen molar-refractivity contribution in [2.24, 2.45) is 5.73 Å². The van der Waals surface area contributed by atoms with Crippen molar-refractivity contribution < 1.29 is 0 Å². The molecule has 2 unspecified atom stereocenters. The molecule has 2 aromatic heterocycles. The lowest BCUT2D eigenvalue weighted by Crippen LogP contribution is -2.24. The van der Waals surface area contributed by atoms with Crippen LogP contribution < -0.4 is 16.4 Å². The van der Waals surface area contributed by atoms with Crippen molar-refractivity contribution in [1.82, 2.24) is 15.6 Å². The lowest BCUT2D eigenvalue weighted by Gasteiger charge is -2.26. The predicted octanol–water partition coefficient (Wildman–Crippen LogP) is 16.3. The van der Waals surface area contributed by atoms with Crippen LogP contribution in [0.1, 0.15) is 115 Å². The second-order valence-electron chi connectivity index (χ2n) is 15.2. The summed E-state index contributed by atoms with van der Waals surface area (Å²) in [5.41, 5.74) is 19.5. The summed E-state index contributed by atoms with van der Waals surface area (Å²) in [6.07, 6.45) is 4.68. The summed E-state index contributed by atoms with van der Waals surface area (Å²) < 4.78 is 2.80. The lowest BCUT2D eigenvalue weighted by atomic mass is 9.78. The second kappa shape index (κ2) is 24.3. The number of H-pyrrole nitrogens is 1. The molecule has 6 aromatic carbocycles. The van der Waals surface area contributed by atoms with Gasteiger partial charge in [0.2, 0.25) is 0 Å². The number of hydrogen-bond acceptors (Lipinski definition) is 4. The molecule has 0 radical (unpaired) electrons. The number of hydrogen-bond donors (Lipinski definition) is 4. The Bertz CT molecular complexity index is 2650. The minimum Gasteiger partial charge on any atom is -0.354 e. The molecule has 0 spiro atoms. The van der Waals surface area contributed by atoms with E-state index in [1.54, 1.807) is 0 Å². The average Bonchev–Trinajstić information content (AvgIpc) is 4.00. The van der Waals surface area contributed by atoms with Crippen molar-refractivity contribution in [2.75, 3.05) is 14.1 Å². The lowest BCUT2D eigenvalue weighted by molar-refractivity contribution is 0.622. The summed E-state index contributed by atoms with van der Waals surface area (Å²) in [6, 6.07) is 50.0. The van der Waals surface area contributed by atoms with E-state index in [9.17, 15) is 0 Å². The maximum absolute atomic E-state index is 5.68. The molecule has 0 saturated heterocycles. The van der Waals surface area contributed by atoms with Gasteiger partial charge >= 0.3 is 0 Å². The summed E-state index contributed by atoms with van der Waals surface area (Å²) in [5, 5.41) is 11.6. The fourth-order valence-electron chi connectivity index (χ4n) is 8.32. The van der Waals surface area contributed by atoms with Gasteiger partial charge in [-0.15, -0.1) is 24.5 Å². The van der Waals surface area contributed by atoms with Crippen LogP contribution in [0, 0.1) is 0 Å². The number of aromatic amines is 1. The van der Waals surface area contributed by atoms with Crippen LogP contribution in [0.5, 0.6) is 0 Å². The first-order valence-corrected chi connectivity index (χ1v) is 23.7. The van der Waals surface area contributed by atoms with Gasteiger partial charge in [0.05, 0.1) is 6.17 Å². The minimum atomic E-state index is -0.0406. The van der Waals surface area contributed by atoms with E-state index in [0.29, 0.717) is 6.04 Å². The molecule has 330 valence electrons. The number of nitrogens with two attached hydrogens (primary N) is 1. The molecule has 5 N–H and O–H groups in total. The third kappa shape index (κ3) is 11.0. The van der Waals surface area contributed by atoms with E-state index in [-0.39, 0.29) is 11.6 Å². The van der Waals surface area contributed by atoms with E-state index in [4.69, 9.17) is 5.73 Å². The number of nitrogens with one attached hydrogen (secondary N) is 3. The molecule has 2 aliphatic carbocycles. The van der Waals surface area contributed by atoms with Gasteiger partial charge in [-0.3, -0.25) is 0 Å². The highest BCUT2D eigenvalue weighted by atomic mass is 32.1. The largest absolute Gasteiger partial charge is 0.354 e. The zero-order valence-electron chi connectivity index (χ0n) is 39.8. The van der Waals surface area contributed by atoms with Crippen molar-refractivity contribution in [3.05, 3.63) is 192 Å². The number of benzene rings is 6. The Labute approximate surface area is 383 Å². The quantitative estimate of drug-likeness (QED) is 0.103. The standard InChI is InChI=1S/C33H25NS.C9H13N.C8H12N2.3C2H6.C2H4/c1-33(2)27-16-19(20-10-7-11-24-23-9-4-6-13-31(23)35-32(20)24)14-15-21(27)25-18-30-26(17-28(25)33)22-8-3-5-12-29(22)34-30;1-8(10-2)9-6-4-3-5-7-9;1-10-8(9)7-5-3-2-4-6-7;4*1-2/h3-13,16-18,34H,14-15H2,1-2H3;3-8,10H,1-2H3;2-6,8,10H,9H2,1H3;3*1-2H3;1-2H2. The van der Waals surface area contributed by atoms with E-state index >= 15 is 0 Å². The number of fused-ring (bicyclic) bond motifs is 8. The van der Waals surface area contributed by atoms with Crippen molar-refractivity contribution in [3.8, 4) is 0 Å². The molecule has 0 amide bonds. The Kier molecular flexibility index (Phi) is 19.3. The van der Waals surface area contributed by atoms with Crippen LogP contribution in [0.25, 0.3) is 53.1 Å². The topological polar surface area (TPSA) is 65.9 Å². The molecule has 0 fully saturated rings. The normalized spacial score (nSPS) is 13.9. The highest BCUT2D eigenvalue weighted by molar-refractivity contribution is 7.26. The summed E-state index contributed by atoms with van der Waals surface area (Å²) in [6.45, 7) is 25.0. The third-order valence-corrected chi connectivity index (χ3v) is 12.8. The zero-order valence-corrected chi connectivity index (χ0v) is 40.6. The van der Waals surface area contributed by atoms with Crippen LogP contribution in [-0.4, -0.2) is 19.1 Å². The van der Waals surface area contributed by atoms with E-state index in [0.717, 1.165) is 18.4 Å². The van der Waals surface area contributed by atoms with Crippen molar-refractivity contribution in [3.63, 3.8) is 0 Å². The van der Waals surface area contributed by atoms with Crippen molar-refractivity contribution in [2.45, 2.75) is 92.8 Å². The summed E-state index contributed by atoms with van der Waals surface area (Å²) in [5.74, 6) is 0. The summed E-state index contributed by atoms with van der Waals surface area (Å²) >= 11 is 1.94. The highest BCUT2D eigenvalue weighted by Crippen LogP contribution is 2.54. The van der Waals surface area contributed by atoms with Crippen LogP contribution in [0.2, 0.25) is 0 Å². The molecule has 0 aliphatic heterocycles. The van der Waals surface area contributed by atoms with Crippen molar-refractivity contribution >= 4 is 64.5 Å². The molecular formula is C58H72N4S. The Morgan fingerprint density at radius 3 is 1.81 bits per heavy atom. The van der Waals surface area contributed by atoms with E-state index in [2.05, 4.69) is 159 Å². The maximum atomic E-state index is 5.68. The van der Waals surface area contributed by atoms with Gasteiger partial charge in [0.25, 0.3) is 0 Å². The molecule has 4 nitrogen and oxygen atoms in total. The van der Waals surface area contributed by atoms with Gasteiger partial charge in [-0.25, -0.2) is 0 Å². The Morgan fingerprint density at radius 1 is 0.603 bits per heavy atom. The van der Waals surface area contributed by atoms with Gasteiger partial charge in [-0.1, -0.05) is 177 Å².